The summed E-state index contributed by atoms with van der Waals surface area (Å²) in [5, 5.41) is 18.1. The summed E-state index contributed by atoms with van der Waals surface area (Å²) in [4.78, 5) is 12.0. The average molecular weight is 237 g/mol. The topological polar surface area (TPSA) is 70.3 Å². The highest BCUT2D eigenvalue weighted by molar-refractivity contribution is 7.80. The fourth-order valence-electron chi connectivity index (χ4n) is 1.30. The molecule has 5 heteroatoms. The first-order valence-corrected chi connectivity index (χ1v) is 5.13. The highest BCUT2D eigenvalue weighted by Gasteiger charge is 2.17. The Morgan fingerprint density at radius 3 is 2.81 bits per heavy atom. The van der Waals surface area contributed by atoms with Gasteiger partial charge in [0.2, 0.25) is 0 Å². The lowest BCUT2D eigenvalue weighted by Gasteiger charge is -2.09. The van der Waals surface area contributed by atoms with Crippen molar-refractivity contribution in [2.24, 2.45) is 0 Å². The van der Waals surface area contributed by atoms with E-state index >= 15 is 0 Å². The molecule has 1 rings (SSSR count). The second-order valence-corrected chi connectivity index (χ2v) is 3.46. The average Bonchev–Trinajstić information content (AvgIpc) is 2.28. The summed E-state index contributed by atoms with van der Waals surface area (Å²) in [5.74, 6) is -0.568. The van der Waals surface area contributed by atoms with Crippen LogP contribution in [0.15, 0.2) is 17.0 Å². The van der Waals surface area contributed by atoms with Crippen molar-refractivity contribution in [3.8, 4) is 6.07 Å². The van der Waals surface area contributed by atoms with E-state index in [2.05, 4.69) is 12.6 Å². The molecule has 0 atom stereocenters. The van der Waals surface area contributed by atoms with Crippen molar-refractivity contribution >= 4 is 18.6 Å². The molecule has 0 radical (unpaired) electrons. The number of hydrogen-bond acceptors (Lipinski definition) is 5. The van der Waals surface area contributed by atoms with E-state index in [0.29, 0.717) is 10.5 Å². The molecule has 0 spiro atoms. The molecular weight excluding hydrogens is 226 g/mol. The quantitative estimate of drug-likeness (QED) is 0.617. The van der Waals surface area contributed by atoms with Gasteiger partial charge >= 0.3 is 5.97 Å². The Kier molecular flexibility index (Phi) is 4.35. The highest BCUT2D eigenvalue weighted by atomic mass is 32.1. The number of rotatable bonds is 3. The van der Waals surface area contributed by atoms with Crippen molar-refractivity contribution in [1.29, 1.82) is 5.26 Å². The van der Waals surface area contributed by atoms with Crippen LogP contribution in [0.3, 0.4) is 0 Å². The third-order valence-electron chi connectivity index (χ3n) is 2.05. The molecule has 0 saturated carbocycles. The van der Waals surface area contributed by atoms with Gasteiger partial charge in [-0.05, 0) is 19.1 Å². The fourth-order valence-corrected chi connectivity index (χ4v) is 1.56. The molecule has 0 bridgehead atoms. The third kappa shape index (κ3) is 2.35. The summed E-state index contributed by atoms with van der Waals surface area (Å²) in [5.41, 5.74) is 0.621. The Bertz CT molecular complexity index is 451. The number of aliphatic hydroxyl groups is 1. The molecule has 0 amide bonds. The van der Waals surface area contributed by atoms with Crippen molar-refractivity contribution in [2.75, 3.05) is 6.61 Å². The molecule has 16 heavy (non-hydrogen) atoms. The van der Waals surface area contributed by atoms with Crippen LogP contribution < -0.4 is 0 Å². The number of aliphatic hydroxyl groups excluding tert-OH is 1. The molecule has 0 aliphatic carbocycles. The standard InChI is InChI=1S/C11H11NO3S/c1-2-15-11(14)7-3-4-10(16)9(6-13)8(7)5-12/h3-4,13,16H,2,6H2,1H3. The zero-order chi connectivity index (χ0) is 12.1. The summed E-state index contributed by atoms with van der Waals surface area (Å²) < 4.78 is 4.81. The Morgan fingerprint density at radius 1 is 1.62 bits per heavy atom. The summed E-state index contributed by atoms with van der Waals surface area (Å²) in [6.07, 6.45) is 0. The van der Waals surface area contributed by atoms with Crippen LogP contribution in [0, 0.1) is 11.3 Å². The van der Waals surface area contributed by atoms with E-state index in [1.807, 2.05) is 6.07 Å². The van der Waals surface area contributed by atoms with Crippen LogP contribution in [0.25, 0.3) is 0 Å². The number of benzene rings is 1. The van der Waals surface area contributed by atoms with Crippen molar-refractivity contribution in [1.82, 2.24) is 0 Å². The minimum Gasteiger partial charge on any atom is -0.462 e. The molecule has 0 aromatic heterocycles. The highest BCUT2D eigenvalue weighted by Crippen LogP contribution is 2.22. The van der Waals surface area contributed by atoms with Gasteiger partial charge in [-0.25, -0.2) is 4.79 Å². The van der Waals surface area contributed by atoms with Gasteiger partial charge in [0.05, 0.1) is 24.3 Å². The first kappa shape index (κ1) is 12.6. The molecule has 0 fully saturated rings. The van der Waals surface area contributed by atoms with Crippen molar-refractivity contribution in [3.05, 3.63) is 28.8 Å². The summed E-state index contributed by atoms with van der Waals surface area (Å²) in [6, 6.07) is 4.91. The maximum atomic E-state index is 11.5. The van der Waals surface area contributed by atoms with Gasteiger partial charge in [-0.3, -0.25) is 0 Å². The third-order valence-corrected chi connectivity index (χ3v) is 2.47. The first-order chi connectivity index (χ1) is 7.65. The molecule has 0 aliphatic rings. The number of ether oxygens (including phenoxy) is 1. The normalized spacial score (nSPS) is 9.62. The summed E-state index contributed by atoms with van der Waals surface area (Å²) in [7, 11) is 0. The Balaban J connectivity index is 3.31. The van der Waals surface area contributed by atoms with E-state index in [0.717, 1.165) is 0 Å². The zero-order valence-electron chi connectivity index (χ0n) is 8.73. The molecule has 0 heterocycles. The van der Waals surface area contributed by atoms with Crippen LogP contribution in [0.1, 0.15) is 28.4 Å². The van der Waals surface area contributed by atoms with E-state index < -0.39 is 5.97 Å². The van der Waals surface area contributed by atoms with Gasteiger partial charge in [-0.1, -0.05) is 0 Å². The van der Waals surface area contributed by atoms with Gasteiger partial charge in [0.15, 0.2) is 0 Å². The van der Waals surface area contributed by atoms with E-state index in [-0.39, 0.29) is 24.3 Å². The van der Waals surface area contributed by atoms with Crippen molar-refractivity contribution in [3.63, 3.8) is 0 Å². The Labute approximate surface area is 98.9 Å². The number of nitrogens with zero attached hydrogens (tertiary/aromatic N) is 1. The predicted octanol–water partition coefficient (Wildman–Crippen LogP) is 1.52. The molecule has 1 aromatic rings. The monoisotopic (exact) mass is 237 g/mol. The smallest absolute Gasteiger partial charge is 0.339 e. The zero-order valence-corrected chi connectivity index (χ0v) is 9.62. The summed E-state index contributed by atoms with van der Waals surface area (Å²) in [6.45, 7) is 1.58. The van der Waals surface area contributed by atoms with Crippen LogP contribution >= 0.6 is 12.6 Å². The van der Waals surface area contributed by atoms with Gasteiger partial charge in [0.25, 0.3) is 0 Å². The van der Waals surface area contributed by atoms with Gasteiger partial charge in [0, 0.05) is 10.5 Å². The molecule has 1 N–H and O–H groups in total. The predicted molar refractivity (Wildman–Crippen MR) is 60.3 cm³/mol. The molecule has 0 unspecified atom stereocenters. The van der Waals surface area contributed by atoms with Gasteiger partial charge in [0.1, 0.15) is 6.07 Å². The SMILES string of the molecule is CCOC(=O)c1ccc(S)c(CO)c1C#N. The Morgan fingerprint density at radius 2 is 2.31 bits per heavy atom. The van der Waals surface area contributed by atoms with Crippen LogP contribution in [-0.4, -0.2) is 17.7 Å². The van der Waals surface area contributed by atoms with Crippen LogP contribution in [0.2, 0.25) is 0 Å². The van der Waals surface area contributed by atoms with Crippen LogP contribution in [-0.2, 0) is 11.3 Å². The van der Waals surface area contributed by atoms with Gasteiger partial charge < -0.3 is 9.84 Å². The molecule has 0 aliphatic heterocycles. The fraction of sp³-hybridized carbons (Fsp3) is 0.273. The summed E-state index contributed by atoms with van der Waals surface area (Å²) >= 11 is 4.11. The maximum Gasteiger partial charge on any atom is 0.339 e. The molecular formula is C11H11NO3S. The van der Waals surface area contributed by atoms with E-state index in [1.54, 1.807) is 13.0 Å². The van der Waals surface area contributed by atoms with Crippen molar-refractivity contribution < 1.29 is 14.6 Å². The van der Waals surface area contributed by atoms with Crippen LogP contribution in [0.4, 0.5) is 0 Å². The second kappa shape index (κ2) is 5.54. The Hall–Kier alpha value is -1.51. The number of esters is 1. The number of carbonyl (C=O) groups is 1. The van der Waals surface area contributed by atoms with Gasteiger partial charge in [-0.2, -0.15) is 5.26 Å². The number of thiol groups is 1. The minimum absolute atomic E-state index is 0.119. The lowest BCUT2D eigenvalue weighted by atomic mass is 10.0. The molecule has 4 nitrogen and oxygen atoms in total. The van der Waals surface area contributed by atoms with Gasteiger partial charge in [-0.15, -0.1) is 12.6 Å². The lowest BCUT2D eigenvalue weighted by Crippen LogP contribution is -2.09. The first-order valence-electron chi connectivity index (χ1n) is 4.68. The maximum absolute atomic E-state index is 11.5. The van der Waals surface area contributed by atoms with Crippen LogP contribution in [0.5, 0.6) is 0 Å². The molecule has 1 aromatic carbocycles. The number of carbonyl (C=O) groups excluding carboxylic acids is 1. The molecule has 0 saturated heterocycles. The largest absolute Gasteiger partial charge is 0.462 e. The second-order valence-electron chi connectivity index (χ2n) is 2.98. The van der Waals surface area contributed by atoms with E-state index in [1.165, 1.54) is 6.07 Å². The van der Waals surface area contributed by atoms with E-state index in [9.17, 15) is 4.79 Å². The molecule has 84 valence electrons. The number of nitriles is 1. The lowest BCUT2D eigenvalue weighted by molar-refractivity contribution is 0.0525. The van der Waals surface area contributed by atoms with Crippen molar-refractivity contribution in [2.45, 2.75) is 18.4 Å². The van der Waals surface area contributed by atoms with E-state index in [4.69, 9.17) is 15.1 Å². The number of hydrogen-bond donors (Lipinski definition) is 2. The minimum atomic E-state index is -0.568.